The molecule has 3 rings (SSSR count). The number of carbonyl (C=O) groups is 2. The molecule has 2 N–H and O–H groups in total. The summed E-state index contributed by atoms with van der Waals surface area (Å²) in [5, 5.41) is 3.93. The van der Waals surface area contributed by atoms with Crippen LogP contribution in [0.1, 0.15) is 21.6 Å². The summed E-state index contributed by atoms with van der Waals surface area (Å²) in [6.07, 6.45) is 0. The molecule has 0 spiro atoms. The summed E-state index contributed by atoms with van der Waals surface area (Å²) in [6.45, 7) is 1.46. The minimum absolute atomic E-state index is 0.0741. The van der Waals surface area contributed by atoms with E-state index in [0.29, 0.717) is 33.9 Å². The normalized spacial score (nSPS) is 10.5. The van der Waals surface area contributed by atoms with Crippen molar-refractivity contribution in [1.82, 2.24) is 5.16 Å². The lowest BCUT2D eigenvalue weighted by molar-refractivity contribution is -0.119. The first-order chi connectivity index (χ1) is 13.4. The zero-order valence-electron chi connectivity index (χ0n) is 15.0. The van der Waals surface area contributed by atoms with Crippen LogP contribution in [0.2, 0.25) is 0 Å². The number of nitrogens with two attached hydrogens (primary N) is 1. The maximum absolute atomic E-state index is 13.1. The zero-order chi connectivity index (χ0) is 20.1. The summed E-state index contributed by atoms with van der Waals surface area (Å²) >= 11 is 0. The van der Waals surface area contributed by atoms with E-state index in [1.54, 1.807) is 19.1 Å². The monoisotopic (exact) mass is 384 g/mol. The van der Waals surface area contributed by atoms with Gasteiger partial charge >= 0.3 is 5.97 Å². The molecular formula is C20H17FN2O5. The van der Waals surface area contributed by atoms with Gasteiger partial charge in [-0.05, 0) is 55.5 Å². The molecule has 0 unspecified atom stereocenters. The number of esters is 1. The molecule has 3 aromatic rings. The van der Waals surface area contributed by atoms with E-state index in [4.69, 9.17) is 19.7 Å². The fraction of sp³-hybridized carbons (Fsp3) is 0.150. The molecule has 1 aromatic heterocycles. The van der Waals surface area contributed by atoms with Crippen molar-refractivity contribution in [1.29, 1.82) is 0 Å². The van der Waals surface area contributed by atoms with E-state index in [2.05, 4.69) is 5.16 Å². The lowest BCUT2D eigenvalue weighted by atomic mass is 10.1. The lowest BCUT2D eigenvalue weighted by Gasteiger charge is -2.06. The standard InChI is InChI=1S/C20H17FN2O5/c1-12-17(23-28-19(12)13-2-6-15(21)7-3-13)10-27-20(25)14-4-8-16(9-5-14)26-11-18(22)24/h2-9H,10-11H2,1H3,(H2,22,24). The van der Waals surface area contributed by atoms with Crippen LogP contribution in [0.15, 0.2) is 53.1 Å². The summed E-state index contributed by atoms with van der Waals surface area (Å²) in [5.41, 5.74) is 7.16. The van der Waals surface area contributed by atoms with Crippen molar-refractivity contribution in [3.63, 3.8) is 0 Å². The molecule has 7 nitrogen and oxygen atoms in total. The molecular weight excluding hydrogens is 367 g/mol. The molecule has 0 aliphatic carbocycles. The number of amides is 1. The van der Waals surface area contributed by atoms with E-state index >= 15 is 0 Å². The highest BCUT2D eigenvalue weighted by atomic mass is 19.1. The Balaban J connectivity index is 1.62. The molecule has 28 heavy (non-hydrogen) atoms. The number of nitrogens with zero attached hydrogens (tertiary/aromatic N) is 1. The van der Waals surface area contributed by atoms with E-state index in [0.717, 1.165) is 0 Å². The number of halogens is 1. The fourth-order valence-corrected chi connectivity index (χ4v) is 2.43. The topological polar surface area (TPSA) is 105 Å². The number of carbonyl (C=O) groups excluding carboxylic acids is 2. The molecule has 0 atom stereocenters. The molecule has 144 valence electrons. The highest BCUT2D eigenvalue weighted by Crippen LogP contribution is 2.26. The third-order valence-corrected chi connectivity index (χ3v) is 3.94. The van der Waals surface area contributed by atoms with E-state index in [-0.39, 0.29) is 19.0 Å². The SMILES string of the molecule is Cc1c(COC(=O)c2ccc(OCC(N)=O)cc2)noc1-c1ccc(F)cc1. The van der Waals surface area contributed by atoms with Crippen molar-refractivity contribution in [2.45, 2.75) is 13.5 Å². The molecule has 1 heterocycles. The Hall–Kier alpha value is -3.68. The second-order valence-electron chi connectivity index (χ2n) is 5.95. The number of ether oxygens (including phenoxy) is 2. The van der Waals surface area contributed by atoms with Crippen LogP contribution in [-0.2, 0) is 16.1 Å². The molecule has 0 bridgehead atoms. The van der Waals surface area contributed by atoms with E-state index < -0.39 is 11.9 Å². The van der Waals surface area contributed by atoms with Crippen LogP contribution in [0.4, 0.5) is 4.39 Å². The molecule has 0 fully saturated rings. The lowest BCUT2D eigenvalue weighted by Crippen LogP contribution is -2.20. The molecule has 0 saturated carbocycles. The molecule has 0 saturated heterocycles. The number of hydrogen-bond acceptors (Lipinski definition) is 6. The highest BCUT2D eigenvalue weighted by molar-refractivity contribution is 5.89. The van der Waals surface area contributed by atoms with Crippen LogP contribution in [0.25, 0.3) is 11.3 Å². The predicted molar refractivity (Wildman–Crippen MR) is 96.9 cm³/mol. The predicted octanol–water partition coefficient (Wildman–Crippen LogP) is 3.01. The van der Waals surface area contributed by atoms with Crippen molar-refractivity contribution >= 4 is 11.9 Å². The van der Waals surface area contributed by atoms with Crippen LogP contribution in [-0.4, -0.2) is 23.6 Å². The molecule has 1 amide bonds. The largest absolute Gasteiger partial charge is 0.484 e. The van der Waals surface area contributed by atoms with E-state index in [1.807, 2.05) is 0 Å². The minimum Gasteiger partial charge on any atom is -0.484 e. The smallest absolute Gasteiger partial charge is 0.338 e. The van der Waals surface area contributed by atoms with Gasteiger partial charge in [-0.25, -0.2) is 9.18 Å². The Bertz CT molecular complexity index is 981. The van der Waals surface area contributed by atoms with Crippen molar-refractivity contribution < 1.29 is 28.0 Å². The Morgan fingerprint density at radius 3 is 2.43 bits per heavy atom. The Morgan fingerprint density at radius 2 is 1.79 bits per heavy atom. The Labute approximate surface area is 159 Å². The molecule has 0 aliphatic heterocycles. The van der Waals surface area contributed by atoms with Gasteiger partial charge in [0.25, 0.3) is 5.91 Å². The second kappa shape index (κ2) is 8.34. The number of aromatic nitrogens is 1. The van der Waals surface area contributed by atoms with E-state index in [1.165, 1.54) is 36.4 Å². The van der Waals surface area contributed by atoms with Gasteiger partial charge in [0.15, 0.2) is 12.4 Å². The third-order valence-electron chi connectivity index (χ3n) is 3.94. The summed E-state index contributed by atoms with van der Waals surface area (Å²) in [5.74, 6) is -0.589. The van der Waals surface area contributed by atoms with Gasteiger partial charge in [0.1, 0.15) is 23.9 Å². The van der Waals surface area contributed by atoms with Gasteiger partial charge in [0.05, 0.1) is 5.56 Å². The third kappa shape index (κ3) is 4.53. The molecule has 0 aliphatic rings. The quantitative estimate of drug-likeness (QED) is 0.628. The van der Waals surface area contributed by atoms with Gasteiger partial charge in [-0.15, -0.1) is 0 Å². The van der Waals surface area contributed by atoms with Crippen molar-refractivity contribution in [3.05, 3.63) is 71.2 Å². The maximum atomic E-state index is 13.1. The summed E-state index contributed by atoms with van der Waals surface area (Å²) < 4.78 is 28.7. The number of primary amides is 1. The average Bonchev–Trinajstić information content (AvgIpc) is 3.06. The van der Waals surface area contributed by atoms with Gasteiger partial charge < -0.3 is 19.7 Å². The van der Waals surface area contributed by atoms with E-state index in [9.17, 15) is 14.0 Å². The van der Waals surface area contributed by atoms with Gasteiger partial charge in [0.2, 0.25) is 0 Å². The van der Waals surface area contributed by atoms with Crippen molar-refractivity contribution in [2.24, 2.45) is 5.73 Å². The zero-order valence-corrected chi connectivity index (χ0v) is 15.0. The first kappa shape index (κ1) is 19.1. The number of hydrogen-bond donors (Lipinski definition) is 1. The van der Waals surface area contributed by atoms with Crippen LogP contribution < -0.4 is 10.5 Å². The van der Waals surface area contributed by atoms with Crippen LogP contribution in [0.3, 0.4) is 0 Å². The van der Waals surface area contributed by atoms with Crippen LogP contribution in [0, 0.1) is 12.7 Å². The molecule has 0 radical (unpaired) electrons. The minimum atomic E-state index is -0.591. The van der Waals surface area contributed by atoms with Gasteiger partial charge in [-0.2, -0.15) is 0 Å². The highest BCUT2D eigenvalue weighted by Gasteiger charge is 2.16. The van der Waals surface area contributed by atoms with Crippen LogP contribution >= 0.6 is 0 Å². The first-order valence-electron chi connectivity index (χ1n) is 8.33. The maximum Gasteiger partial charge on any atom is 0.338 e. The van der Waals surface area contributed by atoms with Gasteiger partial charge in [-0.3, -0.25) is 4.79 Å². The number of benzene rings is 2. The summed E-state index contributed by atoms with van der Waals surface area (Å²) in [6, 6.07) is 11.9. The average molecular weight is 384 g/mol. The van der Waals surface area contributed by atoms with Crippen LogP contribution in [0.5, 0.6) is 5.75 Å². The van der Waals surface area contributed by atoms with Gasteiger partial charge in [-0.1, -0.05) is 5.16 Å². The van der Waals surface area contributed by atoms with Crippen molar-refractivity contribution in [2.75, 3.05) is 6.61 Å². The Morgan fingerprint density at radius 1 is 1.11 bits per heavy atom. The summed E-state index contributed by atoms with van der Waals surface area (Å²) in [4.78, 5) is 22.9. The summed E-state index contributed by atoms with van der Waals surface area (Å²) in [7, 11) is 0. The molecule has 2 aromatic carbocycles. The van der Waals surface area contributed by atoms with Gasteiger partial charge in [0, 0.05) is 11.1 Å². The Kier molecular flexibility index (Phi) is 5.69. The molecule has 8 heteroatoms. The van der Waals surface area contributed by atoms with Crippen molar-refractivity contribution in [3.8, 4) is 17.1 Å². The first-order valence-corrected chi connectivity index (χ1v) is 8.33. The number of rotatable bonds is 7. The fourth-order valence-electron chi connectivity index (χ4n) is 2.43. The second-order valence-corrected chi connectivity index (χ2v) is 5.95.